The highest BCUT2D eigenvalue weighted by Crippen LogP contribution is 2.29. The van der Waals surface area contributed by atoms with Gasteiger partial charge in [0.2, 0.25) is 15.9 Å². The summed E-state index contributed by atoms with van der Waals surface area (Å²) in [5.41, 5.74) is 0.650. The number of carbonyl (C=O) groups excluding carboxylic acids is 1. The van der Waals surface area contributed by atoms with Crippen molar-refractivity contribution in [1.29, 1.82) is 0 Å². The molecule has 1 amide bonds. The van der Waals surface area contributed by atoms with Gasteiger partial charge in [0.05, 0.1) is 28.5 Å². The first kappa shape index (κ1) is 24.2. The molecule has 33 heavy (non-hydrogen) atoms. The molecule has 0 radical (unpaired) electrons. The van der Waals surface area contributed by atoms with Crippen molar-refractivity contribution in [1.82, 2.24) is 4.31 Å². The van der Waals surface area contributed by atoms with Gasteiger partial charge in [-0.1, -0.05) is 48.0 Å². The van der Waals surface area contributed by atoms with Gasteiger partial charge in [-0.2, -0.15) is 4.31 Å². The molecule has 0 bridgehead atoms. The quantitative estimate of drug-likeness (QED) is 0.357. The Bertz CT molecular complexity index is 1270. The van der Waals surface area contributed by atoms with Crippen LogP contribution >= 0.6 is 11.6 Å². The van der Waals surface area contributed by atoms with Gasteiger partial charge in [-0.05, 0) is 29.8 Å². The van der Waals surface area contributed by atoms with E-state index in [-0.39, 0.29) is 27.8 Å². The number of ether oxygens (including phenoxy) is 1. The molecular weight excluding hydrogens is 470 g/mol. The Kier molecular flexibility index (Phi) is 7.64. The lowest BCUT2D eigenvalue weighted by molar-refractivity contribution is -0.384. The molecule has 0 unspecified atom stereocenters. The highest BCUT2D eigenvalue weighted by atomic mass is 35.5. The minimum atomic E-state index is -4.13. The normalized spacial score (nSPS) is 11.2. The molecule has 3 aromatic rings. The van der Waals surface area contributed by atoms with Gasteiger partial charge in [0, 0.05) is 24.4 Å². The van der Waals surface area contributed by atoms with E-state index in [1.165, 1.54) is 49.6 Å². The van der Waals surface area contributed by atoms with Crippen LogP contribution in [-0.2, 0) is 21.4 Å². The number of carbonyl (C=O) groups is 1. The largest absolute Gasteiger partial charge is 0.495 e. The summed E-state index contributed by atoms with van der Waals surface area (Å²) in [5.74, 6) is -0.344. The van der Waals surface area contributed by atoms with Gasteiger partial charge in [-0.3, -0.25) is 14.9 Å². The number of hydrogen-bond donors (Lipinski definition) is 1. The molecule has 172 valence electrons. The van der Waals surface area contributed by atoms with Crippen LogP contribution in [0.25, 0.3) is 0 Å². The van der Waals surface area contributed by atoms with Crippen molar-refractivity contribution in [2.75, 3.05) is 19.0 Å². The van der Waals surface area contributed by atoms with Crippen molar-refractivity contribution in [3.8, 4) is 5.75 Å². The molecule has 0 saturated heterocycles. The fourth-order valence-electron chi connectivity index (χ4n) is 3.03. The van der Waals surface area contributed by atoms with Crippen molar-refractivity contribution in [3.63, 3.8) is 0 Å². The number of rotatable bonds is 9. The number of amides is 1. The predicted molar refractivity (Wildman–Crippen MR) is 124 cm³/mol. The number of nitro groups is 1. The molecule has 0 saturated carbocycles. The first-order valence-corrected chi connectivity index (χ1v) is 11.4. The summed E-state index contributed by atoms with van der Waals surface area (Å²) in [4.78, 5) is 23.0. The van der Waals surface area contributed by atoms with E-state index < -0.39 is 27.4 Å². The van der Waals surface area contributed by atoms with E-state index >= 15 is 0 Å². The number of sulfonamides is 1. The third kappa shape index (κ3) is 6.07. The fraction of sp³-hybridized carbons (Fsp3) is 0.136. The summed E-state index contributed by atoms with van der Waals surface area (Å²) in [6.07, 6.45) is 0. The van der Waals surface area contributed by atoms with Crippen LogP contribution in [0.3, 0.4) is 0 Å². The van der Waals surface area contributed by atoms with Gasteiger partial charge < -0.3 is 10.1 Å². The molecule has 11 heteroatoms. The molecule has 0 aliphatic heterocycles. The molecule has 0 heterocycles. The van der Waals surface area contributed by atoms with E-state index in [1.54, 1.807) is 30.3 Å². The van der Waals surface area contributed by atoms with E-state index in [1.807, 2.05) is 0 Å². The maximum absolute atomic E-state index is 13.4. The van der Waals surface area contributed by atoms with E-state index in [0.29, 0.717) is 11.3 Å². The van der Waals surface area contributed by atoms with Gasteiger partial charge in [-0.15, -0.1) is 0 Å². The topological polar surface area (TPSA) is 119 Å². The Balaban J connectivity index is 1.89. The van der Waals surface area contributed by atoms with E-state index in [0.717, 1.165) is 4.31 Å². The first-order valence-electron chi connectivity index (χ1n) is 9.62. The van der Waals surface area contributed by atoms with Crippen LogP contribution in [0, 0.1) is 10.1 Å². The fourth-order valence-corrected chi connectivity index (χ4v) is 4.76. The molecular formula is C22H20ClN3O6S. The van der Waals surface area contributed by atoms with Crippen molar-refractivity contribution in [2.45, 2.75) is 11.4 Å². The Morgan fingerprint density at radius 3 is 2.45 bits per heavy atom. The zero-order valence-corrected chi connectivity index (χ0v) is 19.0. The molecule has 0 aromatic heterocycles. The van der Waals surface area contributed by atoms with Gasteiger partial charge in [0.25, 0.3) is 5.69 Å². The van der Waals surface area contributed by atoms with Gasteiger partial charge in [-0.25, -0.2) is 8.42 Å². The number of nitro benzene ring substituents is 1. The van der Waals surface area contributed by atoms with Gasteiger partial charge >= 0.3 is 0 Å². The SMILES string of the molecule is COc1ccc(S(=O)(=O)N(CC(=O)Nc2cccc([N+](=O)[O-])c2)Cc2ccccc2)cc1Cl. The van der Waals surface area contributed by atoms with E-state index in [2.05, 4.69) is 5.32 Å². The molecule has 1 N–H and O–H groups in total. The zero-order chi connectivity index (χ0) is 24.0. The minimum absolute atomic E-state index is 0.0742. The van der Waals surface area contributed by atoms with Gasteiger partial charge in [0.1, 0.15) is 5.75 Å². The van der Waals surface area contributed by atoms with Crippen LogP contribution in [0.4, 0.5) is 11.4 Å². The highest BCUT2D eigenvalue weighted by molar-refractivity contribution is 7.89. The second-order valence-electron chi connectivity index (χ2n) is 6.91. The molecule has 0 aliphatic carbocycles. The molecule has 3 aromatic carbocycles. The average molecular weight is 490 g/mol. The molecule has 3 rings (SSSR count). The number of hydrogen-bond acceptors (Lipinski definition) is 6. The summed E-state index contributed by atoms with van der Waals surface area (Å²) >= 11 is 6.11. The number of benzene rings is 3. The van der Waals surface area contributed by atoms with Crippen molar-refractivity contribution in [2.24, 2.45) is 0 Å². The number of nitrogens with one attached hydrogen (secondary N) is 1. The minimum Gasteiger partial charge on any atom is -0.495 e. The summed E-state index contributed by atoms with van der Waals surface area (Å²) in [6, 6.07) is 18.2. The third-order valence-corrected chi connectivity index (χ3v) is 6.71. The summed E-state index contributed by atoms with van der Waals surface area (Å²) in [5, 5.41) is 13.6. The second kappa shape index (κ2) is 10.4. The van der Waals surface area contributed by atoms with Crippen molar-refractivity contribution >= 4 is 38.9 Å². The molecule has 0 aliphatic rings. The Hall–Kier alpha value is -3.47. The predicted octanol–water partition coefficient (Wildman–Crippen LogP) is 4.09. The van der Waals surface area contributed by atoms with Crippen LogP contribution in [0.5, 0.6) is 5.75 Å². The molecule has 9 nitrogen and oxygen atoms in total. The van der Waals surface area contributed by atoms with Gasteiger partial charge in [0.15, 0.2) is 0 Å². The zero-order valence-electron chi connectivity index (χ0n) is 17.5. The number of non-ortho nitro benzene ring substituents is 1. The number of halogens is 1. The van der Waals surface area contributed by atoms with Crippen LogP contribution in [0.15, 0.2) is 77.7 Å². The summed E-state index contributed by atoms with van der Waals surface area (Å²) in [6.45, 7) is -0.598. The third-order valence-electron chi connectivity index (χ3n) is 4.62. The van der Waals surface area contributed by atoms with E-state index in [9.17, 15) is 23.3 Å². The Morgan fingerprint density at radius 1 is 1.09 bits per heavy atom. The maximum atomic E-state index is 13.4. The van der Waals surface area contributed by atoms with Crippen molar-refractivity contribution < 1.29 is 22.9 Å². The number of nitrogens with zero attached hydrogens (tertiary/aromatic N) is 2. The van der Waals surface area contributed by atoms with E-state index in [4.69, 9.17) is 16.3 Å². The van der Waals surface area contributed by atoms with Crippen LogP contribution < -0.4 is 10.1 Å². The lowest BCUT2D eigenvalue weighted by atomic mass is 10.2. The van der Waals surface area contributed by atoms with Crippen molar-refractivity contribution in [3.05, 3.63) is 93.5 Å². The number of methoxy groups -OCH3 is 1. The summed E-state index contributed by atoms with van der Waals surface area (Å²) < 4.78 is 32.8. The summed E-state index contributed by atoms with van der Waals surface area (Å²) in [7, 11) is -2.72. The number of anilines is 1. The first-order chi connectivity index (χ1) is 15.7. The maximum Gasteiger partial charge on any atom is 0.271 e. The Morgan fingerprint density at radius 2 is 1.82 bits per heavy atom. The molecule has 0 fully saturated rings. The average Bonchev–Trinajstić information content (AvgIpc) is 2.79. The molecule has 0 spiro atoms. The second-order valence-corrected chi connectivity index (χ2v) is 9.26. The monoisotopic (exact) mass is 489 g/mol. The Labute approximate surface area is 195 Å². The van der Waals surface area contributed by atoms with Crippen LogP contribution in [0.1, 0.15) is 5.56 Å². The lowest BCUT2D eigenvalue weighted by Crippen LogP contribution is -2.37. The standard InChI is InChI=1S/C22H20ClN3O6S/c1-32-21-11-10-19(13-20(21)23)33(30,31)25(14-16-6-3-2-4-7-16)15-22(27)24-17-8-5-9-18(12-17)26(28)29/h2-13H,14-15H2,1H3,(H,24,27). The highest BCUT2D eigenvalue weighted by Gasteiger charge is 2.28. The molecule has 0 atom stereocenters. The van der Waals surface area contributed by atoms with Crippen LogP contribution in [0.2, 0.25) is 5.02 Å². The van der Waals surface area contributed by atoms with Crippen LogP contribution in [-0.4, -0.2) is 37.2 Å². The lowest BCUT2D eigenvalue weighted by Gasteiger charge is -2.22. The smallest absolute Gasteiger partial charge is 0.271 e.